The molecule has 0 aromatic heterocycles. The van der Waals surface area contributed by atoms with E-state index in [0.29, 0.717) is 13.1 Å². The van der Waals surface area contributed by atoms with E-state index in [0.717, 1.165) is 13.0 Å². The summed E-state index contributed by atoms with van der Waals surface area (Å²) in [6.45, 7) is 1.76. The van der Waals surface area contributed by atoms with Crippen molar-refractivity contribution >= 4 is 6.09 Å². The van der Waals surface area contributed by atoms with Crippen molar-refractivity contribution in [2.75, 3.05) is 20.2 Å². The van der Waals surface area contributed by atoms with Crippen molar-refractivity contribution in [2.45, 2.75) is 25.1 Å². The number of methoxy groups -OCH3 is 1. The maximum Gasteiger partial charge on any atom is 0.407 e. The Morgan fingerprint density at radius 2 is 2.21 bits per heavy atom. The molecule has 104 valence electrons. The average molecular weight is 264 g/mol. The second-order valence-corrected chi connectivity index (χ2v) is 4.76. The lowest BCUT2D eigenvalue weighted by Crippen LogP contribution is -2.54. The molecule has 1 amide bonds. The Balaban J connectivity index is 1.88. The summed E-state index contributed by atoms with van der Waals surface area (Å²) in [5.41, 5.74) is 1.22. The van der Waals surface area contributed by atoms with Gasteiger partial charge in [-0.05, 0) is 12.0 Å². The Labute approximate surface area is 113 Å². The summed E-state index contributed by atoms with van der Waals surface area (Å²) in [5.74, 6) is 0. The zero-order chi connectivity index (χ0) is 13.7. The van der Waals surface area contributed by atoms with Crippen molar-refractivity contribution in [3.63, 3.8) is 0 Å². The zero-order valence-electron chi connectivity index (χ0n) is 11.1. The van der Waals surface area contributed by atoms with Crippen LogP contribution in [-0.2, 0) is 11.3 Å². The molecule has 2 N–H and O–H groups in total. The minimum atomic E-state index is -0.872. The fourth-order valence-electron chi connectivity index (χ4n) is 2.41. The van der Waals surface area contributed by atoms with E-state index < -0.39 is 6.09 Å². The second-order valence-electron chi connectivity index (χ2n) is 4.76. The number of nitrogens with zero attached hydrogens (tertiary/aromatic N) is 1. The van der Waals surface area contributed by atoms with Gasteiger partial charge in [-0.25, -0.2) is 4.79 Å². The molecular weight excluding hydrogens is 244 g/mol. The van der Waals surface area contributed by atoms with Gasteiger partial charge in [0, 0.05) is 26.2 Å². The molecule has 1 aliphatic heterocycles. The van der Waals surface area contributed by atoms with Crippen molar-refractivity contribution in [3.8, 4) is 0 Å². The van der Waals surface area contributed by atoms with Crippen LogP contribution >= 0.6 is 0 Å². The van der Waals surface area contributed by atoms with E-state index in [1.54, 1.807) is 7.11 Å². The first kappa shape index (κ1) is 13.8. The predicted molar refractivity (Wildman–Crippen MR) is 72.1 cm³/mol. The van der Waals surface area contributed by atoms with Crippen LogP contribution in [0.25, 0.3) is 0 Å². The van der Waals surface area contributed by atoms with Crippen molar-refractivity contribution in [1.29, 1.82) is 0 Å². The number of piperidine rings is 1. The van der Waals surface area contributed by atoms with Crippen LogP contribution in [0, 0.1) is 0 Å². The van der Waals surface area contributed by atoms with Gasteiger partial charge in [-0.3, -0.25) is 0 Å². The molecule has 1 aliphatic rings. The molecule has 0 spiro atoms. The van der Waals surface area contributed by atoms with Gasteiger partial charge in [-0.2, -0.15) is 0 Å². The summed E-state index contributed by atoms with van der Waals surface area (Å²) >= 11 is 0. The van der Waals surface area contributed by atoms with E-state index in [4.69, 9.17) is 9.84 Å². The lowest BCUT2D eigenvalue weighted by atomic mass is 10.0. The highest BCUT2D eigenvalue weighted by Crippen LogP contribution is 2.14. The van der Waals surface area contributed by atoms with Crippen molar-refractivity contribution in [2.24, 2.45) is 0 Å². The molecular formula is C14H20N2O3. The number of nitrogens with one attached hydrogen (secondary N) is 1. The van der Waals surface area contributed by atoms with Crippen LogP contribution in [0.1, 0.15) is 12.0 Å². The normalized spacial score (nSPS) is 23.3. The third-order valence-electron chi connectivity index (χ3n) is 3.54. The highest BCUT2D eigenvalue weighted by Gasteiger charge is 2.30. The fraction of sp³-hybridized carbons (Fsp3) is 0.500. The summed E-state index contributed by atoms with van der Waals surface area (Å²) in [4.78, 5) is 12.4. The number of hydrogen-bond donors (Lipinski definition) is 2. The molecule has 1 aromatic rings. The number of likely N-dealkylation sites (tertiary alicyclic amines) is 1. The third-order valence-corrected chi connectivity index (χ3v) is 3.54. The van der Waals surface area contributed by atoms with Crippen LogP contribution in [0.15, 0.2) is 30.3 Å². The molecule has 0 radical (unpaired) electrons. The Kier molecular flexibility index (Phi) is 4.76. The lowest BCUT2D eigenvalue weighted by Gasteiger charge is -2.36. The van der Waals surface area contributed by atoms with Gasteiger partial charge in [0.1, 0.15) is 0 Å². The number of carbonyl (C=O) groups is 1. The van der Waals surface area contributed by atoms with Gasteiger partial charge < -0.3 is 20.1 Å². The number of ether oxygens (including phenoxy) is 1. The molecule has 5 heteroatoms. The van der Waals surface area contributed by atoms with E-state index >= 15 is 0 Å². The highest BCUT2D eigenvalue weighted by atomic mass is 16.5. The molecule has 1 heterocycles. The summed E-state index contributed by atoms with van der Waals surface area (Å²) in [5, 5.41) is 12.4. The Bertz CT molecular complexity index is 410. The third kappa shape index (κ3) is 3.68. The maximum absolute atomic E-state index is 11.0. The van der Waals surface area contributed by atoms with E-state index in [1.807, 2.05) is 18.2 Å². The van der Waals surface area contributed by atoms with E-state index in [2.05, 4.69) is 17.4 Å². The lowest BCUT2D eigenvalue weighted by molar-refractivity contribution is 0.00921. The van der Waals surface area contributed by atoms with Gasteiger partial charge in [-0.15, -0.1) is 0 Å². The van der Waals surface area contributed by atoms with Gasteiger partial charge >= 0.3 is 6.09 Å². The fourth-order valence-corrected chi connectivity index (χ4v) is 2.41. The number of amides is 1. The molecule has 0 unspecified atom stereocenters. The largest absolute Gasteiger partial charge is 0.465 e. The first-order valence-electron chi connectivity index (χ1n) is 6.48. The quantitative estimate of drug-likeness (QED) is 0.866. The van der Waals surface area contributed by atoms with Crippen molar-refractivity contribution in [1.82, 2.24) is 10.2 Å². The molecule has 19 heavy (non-hydrogen) atoms. The van der Waals surface area contributed by atoms with E-state index in [-0.39, 0.29) is 12.1 Å². The van der Waals surface area contributed by atoms with Gasteiger partial charge in [0.05, 0.1) is 12.6 Å². The number of hydrogen-bond acceptors (Lipinski definition) is 3. The number of rotatable bonds is 4. The van der Waals surface area contributed by atoms with Crippen LogP contribution in [0.3, 0.4) is 0 Å². The van der Waals surface area contributed by atoms with Gasteiger partial charge in [-0.1, -0.05) is 30.3 Å². The van der Waals surface area contributed by atoms with Crippen LogP contribution in [0.2, 0.25) is 0 Å². The number of benzene rings is 1. The van der Waals surface area contributed by atoms with Gasteiger partial charge in [0.15, 0.2) is 0 Å². The predicted octanol–water partition coefficient (Wildman–Crippen LogP) is 1.54. The Hall–Kier alpha value is -1.59. The standard InChI is InChI=1S/C14H20N2O3/c1-19-13-10-16(14(17)18)8-7-12(13)15-9-11-5-3-2-4-6-11/h2-6,12-13,15H,7-10H2,1H3,(H,17,18)/t12-,13+/m0/s1. The molecule has 2 atom stereocenters. The smallest absolute Gasteiger partial charge is 0.407 e. The maximum atomic E-state index is 11.0. The summed E-state index contributed by atoms with van der Waals surface area (Å²) < 4.78 is 5.41. The molecule has 2 rings (SSSR count). The molecule has 0 saturated carbocycles. The van der Waals surface area contributed by atoms with Gasteiger partial charge in [0.25, 0.3) is 0 Å². The first-order valence-corrected chi connectivity index (χ1v) is 6.48. The number of carboxylic acid groups (broad SMARTS) is 1. The molecule has 0 bridgehead atoms. The SMILES string of the molecule is CO[C@@H]1CN(C(=O)O)CC[C@@H]1NCc1ccccc1. The van der Waals surface area contributed by atoms with Crippen LogP contribution in [-0.4, -0.2) is 48.4 Å². The summed E-state index contributed by atoms with van der Waals surface area (Å²) in [6.07, 6.45) is -0.186. The topological polar surface area (TPSA) is 61.8 Å². The van der Waals surface area contributed by atoms with Crippen molar-refractivity contribution < 1.29 is 14.6 Å². The highest BCUT2D eigenvalue weighted by molar-refractivity contribution is 5.65. The summed E-state index contributed by atoms with van der Waals surface area (Å²) in [6, 6.07) is 10.4. The van der Waals surface area contributed by atoms with Crippen molar-refractivity contribution in [3.05, 3.63) is 35.9 Å². The Morgan fingerprint density at radius 1 is 1.47 bits per heavy atom. The second kappa shape index (κ2) is 6.54. The molecule has 1 fully saturated rings. The van der Waals surface area contributed by atoms with Crippen LogP contribution in [0.4, 0.5) is 4.79 Å². The average Bonchev–Trinajstić information content (AvgIpc) is 2.45. The zero-order valence-corrected chi connectivity index (χ0v) is 11.1. The van der Waals surface area contributed by atoms with Crippen LogP contribution < -0.4 is 5.32 Å². The summed E-state index contributed by atoms with van der Waals surface area (Å²) in [7, 11) is 1.63. The van der Waals surface area contributed by atoms with E-state index in [9.17, 15) is 4.79 Å². The van der Waals surface area contributed by atoms with Crippen LogP contribution in [0.5, 0.6) is 0 Å². The van der Waals surface area contributed by atoms with Gasteiger partial charge in [0.2, 0.25) is 0 Å². The molecule has 1 saturated heterocycles. The first-order chi connectivity index (χ1) is 9.20. The molecule has 1 aromatic carbocycles. The Morgan fingerprint density at radius 3 is 2.84 bits per heavy atom. The monoisotopic (exact) mass is 264 g/mol. The minimum absolute atomic E-state index is 0.0893. The van der Waals surface area contributed by atoms with E-state index in [1.165, 1.54) is 10.5 Å². The molecule has 5 nitrogen and oxygen atoms in total. The minimum Gasteiger partial charge on any atom is -0.465 e. The molecule has 0 aliphatic carbocycles.